The smallest absolute Gasteiger partial charge is 0.339 e. The van der Waals surface area contributed by atoms with Gasteiger partial charge in [-0.2, -0.15) is 0 Å². The number of allylic oxidation sites excluding steroid dienone is 4. The number of halogens is 2. The quantitative estimate of drug-likeness (QED) is 0.480. The van der Waals surface area contributed by atoms with E-state index in [9.17, 15) is 18.8 Å². The molecule has 180 valence electrons. The molecule has 0 radical (unpaired) electrons. The summed E-state index contributed by atoms with van der Waals surface area (Å²) in [6.45, 7) is 5.82. The highest BCUT2D eigenvalue weighted by molar-refractivity contribution is 6.32. The molecule has 0 N–H and O–H groups in total. The zero-order chi connectivity index (χ0) is 24.5. The molecule has 0 aliphatic heterocycles. The van der Waals surface area contributed by atoms with Gasteiger partial charge in [-0.25, -0.2) is 9.18 Å². The van der Waals surface area contributed by atoms with Gasteiger partial charge in [0.2, 0.25) is 0 Å². The van der Waals surface area contributed by atoms with E-state index < -0.39 is 22.8 Å². The van der Waals surface area contributed by atoms with E-state index in [4.69, 9.17) is 16.3 Å². The van der Waals surface area contributed by atoms with Crippen LogP contribution in [-0.4, -0.2) is 23.1 Å². The first-order valence-electron chi connectivity index (χ1n) is 12.1. The summed E-state index contributed by atoms with van der Waals surface area (Å²) in [6.07, 6.45) is 7.96. The molecule has 5 rings (SSSR count). The van der Waals surface area contributed by atoms with E-state index >= 15 is 0 Å². The van der Waals surface area contributed by atoms with Crippen molar-refractivity contribution in [1.29, 1.82) is 0 Å². The van der Waals surface area contributed by atoms with E-state index in [1.54, 1.807) is 6.08 Å². The third-order valence-electron chi connectivity index (χ3n) is 9.59. The highest BCUT2D eigenvalue weighted by Gasteiger charge is 2.67. The number of benzene rings is 1. The fraction of sp³-hybridized carbons (Fsp3) is 0.536. The molecular weight excluding hydrogens is 455 g/mol. The van der Waals surface area contributed by atoms with Crippen LogP contribution < -0.4 is 0 Å². The number of rotatable bonds is 3. The van der Waals surface area contributed by atoms with Gasteiger partial charge < -0.3 is 4.74 Å². The highest BCUT2D eigenvalue weighted by atomic mass is 35.5. The number of Topliss-reactive ketones (excluding diaryl/α,β-unsaturated/α-hetero) is 1. The molecule has 0 aromatic heterocycles. The molecule has 0 amide bonds. The van der Waals surface area contributed by atoms with Crippen molar-refractivity contribution in [1.82, 2.24) is 0 Å². The van der Waals surface area contributed by atoms with E-state index in [0.29, 0.717) is 23.8 Å². The third kappa shape index (κ3) is 3.19. The Labute approximate surface area is 204 Å². The van der Waals surface area contributed by atoms with E-state index in [2.05, 4.69) is 19.9 Å². The Morgan fingerprint density at radius 3 is 2.41 bits per heavy atom. The number of ketones is 2. The van der Waals surface area contributed by atoms with Gasteiger partial charge in [0.25, 0.3) is 0 Å². The Bertz CT molecular complexity index is 1140. The summed E-state index contributed by atoms with van der Waals surface area (Å²) < 4.78 is 19.4. The molecule has 34 heavy (non-hydrogen) atoms. The summed E-state index contributed by atoms with van der Waals surface area (Å²) >= 11 is 6.77. The molecule has 1 aromatic rings. The number of fused-ring (bicyclic) bond motifs is 5. The summed E-state index contributed by atoms with van der Waals surface area (Å²) in [6, 6.07) is 5.22. The van der Waals surface area contributed by atoms with Gasteiger partial charge in [0.1, 0.15) is 5.82 Å². The summed E-state index contributed by atoms with van der Waals surface area (Å²) in [5.74, 6) is -0.457. The van der Waals surface area contributed by atoms with Crippen LogP contribution in [0.4, 0.5) is 4.39 Å². The topological polar surface area (TPSA) is 60.4 Å². The van der Waals surface area contributed by atoms with Crippen LogP contribution in [0, 0.1) is 34.4 Å². The summed E-state index contributed by atoms with van der Waals surface area (Å²) in [7, 11) is 0. The summed E-state index contributed by atoms with van der Waals surface area (Å²) in [4.78, 5) is 38.4. The van der Waals surface area contributed by atoms with E-state index in [-0.39, 0.29) is 34.4 Å². The van der Waals surface area contributed by atoms with Crippen LogP contribution in [0.5, 0.6) is 0 Å². The Balaban J connectivity index is 1.52. The Morgan fingerprint density at radius 1 is 1.06 bits per heavy atom. The Kier molecular flexibility index (Phi) is 5.44. The predicted octanol–water partition coefficient (Wildman–Crippen LogP) is 6.18. The molecule has 4 aliphatic rings. The number of carbonyl (C=O) groups is 3. The lowest BCUT2D eigenvalue weighted by atomic mass is 9.48. The van der Waals surface area contributed by atoms with Crippen molar-refractivity contribution in [2.24, 2.45) is 28.6 Å². The molecule has 6 atom stereocenters. The van der Waals surface area contributed by atoms with Crippen molar-refractivity contribution in [2.45, 2.75) is 64.9 Å². The largest absolute Gasteiger partial charge is 0.447 e. The number of esters is 1. The van der Waals surface area contributed by atoms with Crippen molar-refractivity contribution in [3.63, 3.8) is 0 Å². The van der Waals surface area contributed by atoms with Gasteiger partial charge in [-0.1, -0.05) is 31.5 Å². The molecular formula is C28H30ClFO4. The maximum atomic E-state index is 13.4. The molecule has 0 heterocycles. The lowest BCUT2D eigenvalue weighted by Gasteiger charge is -2.57. The number of hydrogen-bond donors (Lipinski definition) is 0. The average Bonchev–Trinajstić information content (AvgIpc) is 3.09. The van der Waals surface area contributed by atoms with E-state index in [1.807, 2.05) is 0 Å². The fourth-order valence-electron chi connectivity index (χ4n) is 7.69. The third-order valence-corrected chi connectivity index (χ3v) is 9.92. The zero-order valence-electron chi connectivity index (χ0n) is 19.8. The molecule has 0 spiro atoms. The van der Waals surface area contributed by atoms with Crippen LogP contribution >= 0.6 is 11.6 Å². The molecule has 4 aliphatic carbocycles. The van der Waals surface area contributed by atoms with E-state index in [1.165, 1.54) is 31.2 Å². The number of hydrogen-bond acceptors (Lipinski definition) is 4. The van der Waals surface area contributed by atoms with Gasteiger partial charge in [0.05, 0.1) is 5.56 Å². The van der Waals surface area contributed by atoms with Gasteiger partial charge >= 0.3 is 5.97 Å². The molecule has 4 nitrogen and oxygen atoms in total. The monoisotopic (exact) mass is 484 g/mol. The highest BCUT2D eigenvalue weighted by Crippen LogP contribution is 2.68. The molecule has 0 unspecified atom stereocenters. The van der Waals surface area contributed by atoms with Gasteiger partial charge in [0, 0.05) is 16.9 Å². The second-order valence-corrected chi connectivity index (χ2v) is 11.4. The van der Waals surface area contributed by atoms with Crippen LogP contribution in [0.3, 0.4) is 0 Å². The molecule has 1 aromatic carbocycles. The van der Waals surface area contributed by atoms with Crippen LogP contribution in [0.25, 0.3) is 0 Å². The summed E-state index contributed by atoms with van der Waals surface area (Å²) in [5, 5.41) is 0.643. The first-order valence-corrected chi connectivity index (χ1v) is 12.5. The first kappa shape index (κ1) is 23.5. The maximum Gasteiger partial charge on any atom is 0.339 e. The number of ether oxygens (including phenoxy) is 1. The average molecular weight is 485 g/mol. The van der Waals surface area contributed by atoms with Crippen molar-refractivity contribution < 1.29 is 23.5 Å². The van der Waals surface area contributed by atoms with E-state index in [0.717, 1.165) is 31.3 Å². The van der Waals surface area contributed by atoms with Crippen molar-refractivity contribution in [3.8, 4) is 0 Å². The fourth-order valence-corrected chi connectivity index (χ4v) is 8.11. The van der Waals surface area contributed by atoms with Crippen molar-refractivity contribution in [2.75, 3.05) is 0 Å². The minimum Gasteiger partial charge on any atom is -0.447 e. The lowest BCUT2D eigenvalue weighted by molar-refractivity contribution is -0.158. The lowest BCUT2D eigenvalue weighted by Crippen LogP contribution is -2.58. The van der Waals surface area contributed by atoms with Crippen molar-refractivity contribution in [3.05, 3.63) is 58.4 Å². The standard InChI is InChI=1S/C28H30ClFO4/c1-16(31)28(34-25(33)17-4-6-18(30)7-5-17)13-10-22-20-15-24(29)23-14-19(32)8-11-26(23,2)21(20)9-12-27(22,28)3/h4-7,14-15,20-22H,8-13H2,1-3H3/t20-,21+,22+,26-,27+,28+/m1/s1. The van der Waals surface area contributed by atoms with Gasteiger partial charge in [-0.3, -0.25) is 9.59 Å². The molecule has 2 saturated carbocycles. The normalized spacial score (nSPS) is 38.7. The van der Waals surface area contributed by atoms with Gasteiger partial charge in [-0.05, 0) is 98.1 Å². The summed E-state index contributed by atoms with van der Waals surface area (Å²) in [5.41, 5.74) is -0.747. The van der Waals surface area contributed by atoms with Crippen LogP contribution in [0.1, 0.15) is 69.7 Å². The Morgan fingerprint density at radius 2 is 1.74 bits per heavy atom. The van der Waals surface area contributed by atoms with Gasteiger partial charge in [-0.15, -0.1) is 0 Å². The maximum absolute atomic E-state index is 13.4. The number of carbonyl (C=O) groups excluding carboxylic acids is 3. The SMILES string of the molecule is CC(=O)[C@@]1(OC(=O)c2ccc(F)cc2)CC[C@H]2[C@@H]3C=C(Cl)C4=CC(=O)CC[C@]4(C)[C@H]3CC[C@@]21C. The van der Waals surface area contributed by atoms with Crippen molar-refractivity contribution >= 4 is 29.1 Å². The van der Waals surface area contributed by atoms with Crippen LogP contribution in [0.2, 0.25) is 0 Å². The molecule has 2 fully saturated rings. The molecule has 0 saturated heterocycles. The molecule has 6 heteroatoms. The minimum atomic E-state index is -1.23. The minimum absolute atomic E-state index is 0.126. The van der Waals surface area contributed by atoms with Gasteiger partial charge in [0.15, 0.2) is 17.2 Å². The van der Waals surface area contributed by atoms with Crippen LogP contribution in [-0.2, 0) is 14.3 Å². The second kappa shape index (κ2) is 7.87. The molecule has 0 bridgehead atoms. The predicted molar refractivity (Wildman–Crippen MR) is 127 cm³/mol. The zero-order valence-corrected chi connectivity index (χ0v) is 20.6. The van der Waals surface area contributed by atoms with Crippen LogP contribution in [0.15, 0.2) is 47.0 Å². The second-order valence-electron chi connectivity index (χ2n) is 11.0. The first-order chi connectivity index (χ1) is 16.0. The Hall–Kier alpha value is -2.27.